The summed E-state index contributed by atoms with van der Waals surface area (Å²) < 4.78 is 0. The Hall–Kier alpha value is -0.0400. The number of hydrogen-bond donors (Lipinski definition) is 1. The minimum atomic E-state index is -0.0378. The van der Waals surface area contributed by atoms with Crippen molar-refractivity contribution in [1.29, 1.82) is 0 Å². The molecule has 1 nitrogen and oxygen atoms in total. The van der Waals surface area contributed by atoms with E-state index in [1.165, 1.54) is 57.8 Å². The highest BCUT2D eigenvalue weighted by Gasteiger charge is 2.04. The van der Waals surface area contributed by atoms with Crippen molar-refractivity contribution in [3.8, 4) is 0 Å². The van der Waals surface area contributed by atoms with Gasteiger partial charge < -0.3 is 5.11 Å². The normalized spacial score (nSPS) is 13.4. The molecule has 0 bridgehead atoms. The van der Waals surface area contributed by atoms with E-state index in [9.17, 15) is 5.11 Å². The van der Waals surface area contributed by atoms with Gasteiger partial charge in [0, 0.05) is 0 Å². The SMILES string of the molecule is CC(C)CCCCCCC(O)CCCCCC(C)C. The highest BCUT2D eigenvalue weighted by molar-refractivity contribution is 4.58. The Kier molecular flexibility index (Phi) is 12.9. The molecular weight excluding hydrogens is 232 g/mol. The third kappa shape index (κ3) is 15.9. The van der Waals surface area contributed by atoms with Crippen LogP contribution in [0.5, 0.6) is 0 Å². The zero-order valence-corrected chi connectivity index (χ0v) is 14.0. The minimum absolute atomic E-state index is 0.0378. The number of rotatable bonds is 13. The summed E-state index contributed by atoms with van der Waals surface area (Å²) in [6.07, 6.45) is 13.8. The van der Waals surface area contributed by atoms with Gasteiger partial charge in [0.25, 0.3) is 0 Å². The molecule has 116 valence electrons. The lowest BCUT2D eigenvalue weighted by Gasteiger charge is -2.11. The molecule has 0 heterocycles. The average Bonchev–Trinajstić information content (AvgIpc) is 2.32. The van der Waals surface area contributed by atoms with Crippen LogP contribution in [-0.4, -0.2) is 11.2 Å². The van der Waals surface area contributed by atoms with Gasteiger partial charge >= 0.3 is 0 Å². The van der Waals surface area contributed by atoms with Crippen LogP contribution in [0.1, 0.15) is 98.3 Å². The van der Waals surface area contributed by atoms with Gasteiger partial charge in [0.2, 0.25) is 0 Å². The van der Waals surface area contributed by atoms with Crippen molar-refractivity contribution in [3.63, 3.8) is 0 Å². The van der Waals surface area contributed by atoms with Gasteiger partial charge in [-0.05, 0) is 24.7 Å². The number of aliphatic hydroxyl groups is 1. The summed E-state index contributed by atoms with van der Waals surface area (Å²) in [7, 11) is 0. The lowest BCUT2D eigenvalue weighted by atomic mass is 10.00. The fourth-order valence-electron chi connectivity index (χ4n) is 2.54. The molecular formula is C18H38O. The van der Waals surface area contributed by atoms with Crippen LogP contribution in [0.4, 0.5) is 0 Å². The Labute approximate surface area is 122 Å². The third-order valence-electron chi connectivity index (χ3n) is 3.89. The molecule has 0 rings (SSSR count). The molecule has 0 aromatic rings. The zero-order chi connectivity index (χ0) is 14.5. The predicted molar refractivity (Wildman–Crippen MR) is 86.5 cm³/mol. The predicted octanol–water partition coefficient (Wildman–Crippen LogP) is 5.95. The standard InChI is InChI=1S/C18H38O/c1-16(2)12-8-5-6-10-14-18(19)15-11-7-9-13-17(3)4/h16-19H,5-15H2,1-4H3. The molecule has 0 aliphatic rings. The van der Waals surface area contributed by atoms with Crippen molar-refractivity contribution in [2.24, 2.45) is 11.8 Å². The first-order chi connectivity index (χ1) is 9.02. The molecule has 0 aliphatic carbocycles. The quantitative estimate of drug-likeness (QED) is 0.410. The Morgan fingerprint density at radius 3 is 1.21 bits per heavy atom. The van der Waals surface area contributed by atoms with E-state index >= 15 is 0 Å². The number of hydrogen-bond acceptors (Lipinski definition) is 1. The number of aliphatic hydroxyl groups excluding tert-OH is 1. The third-order valence-corrected chi connectivity index (χ3v) is 3.89. The Morgan fingerprint density at radius 2 is 0.842 bits per heavy atom. The van der Waals surface area contributed by atoms with Crippen LogP contribution in [0.2, 0.25) is 0 Å². The summed E-state index contributed by atoms with van der Waals surface area (Å²) in [6, 6.07) is 0. The van der Waals surface area contributed by atoms with E-state index in [0.717, 1.165) is 24.7 Å². The van der Waals surface area contributed by atoms with Crippen LogP contribution in [0.25, 0.3) is 0 Å². The molecule has 0 aliphatic heterocycles. The fourth-order valence-corrected chi connectivity index (χ4v) is 2.54. The largest absolute Gasteiger partial charge is 0.393 e. The second-order valence-corrected chi connectivity index (χ2v) is 7.07. The van der Waals surface area contributed by atoms with Crippen LogP contribution in [-0.2, 0) is 0 Å². The maximum atomic E-state index is 9.90. The van der Waals surface area contributed by atoms with Crippen molar-refractivity contribution < 1.29 is 5.11 Å². The van der Waals surface area contributed by atoms with Gasteiger partial charge in [-0.25, -0.2) is 0 Å². The number of unbranched alkanes of at least 4 members (excludes halogenated alkanes) is 5. The monoisotopic (exact) mass is 270 g/mol. The van der Waals surface area contributed by atoms with Crippen LogP contribution < -0.4 is 0 Å². The van der Waals surface area contributed by atoms with E-state index in [4.69, 9.17) is 0 Å². The van der Waals surface area contributed by atoms with E-state index in [1.807, 2.05) is 0 Å². The van der Waals surface area contributed by atoms with E-state index in [2.05, 4.69) is 27.7 Å². The smallest absolute Gasteiger partial charge is 0.0540 e. The first-order valence-electron chi connectivity index (χ1n) is 8.70. The maximum absolute atomic E-state index is 9.90. The molecule has 0 aromatic carbocycles. The molecule has 19 heavy (non-hydrogen) atoms. The first-order valence-corrected chi connectivity index (χ1v) is 8.70. The van der Waals surface area contributed by atoms with Gasteiger partial charge in [0.05, 0.1) is 6.10 Å². The van der Waals surface area contributed by atoms with E-state index < -0.39 is 0 Å². The molecule has 0 saturated carbocycles. The molecule has 1 unspecified atom stereocenters. The van der Waals surface area contributed by atoms with Crippen LogP contribution >= 0.6 is 0 Å². The molecule has 1 heteroatoms. The minimum Gasteiger partial charge on any atom is -0.393 e. The Bertz CT molecular complexity index is 175. The topological polar surface area (TPSA) is 20.2 Å². The second kappa shape index (κ2) is 13.0. The average molecular weight is 271 g/mol. The summed E-state index contributed by atoms with van der Waals surface area (Å²) in [5.74, 6) is 1.67. The summed E-state index contributed by atoms with van der Waals surface area (Å²) in [5.41, 5.74) is 0. The molecule has 1 atom stereocenters. The van der Waals surface area contributed by atoms with Gasteiger partial charge in [-0.15, -0.1) is 0 Å². The molecule has 1 N–H and O–H groups in total. The van der Waals surface area contributed by atoms with E-state index in [0.29, 0.717) is 0 Å². The summed E-state index contributed by atoms with van der Waals surface area (Å²) in [6.45, 7) is 9.16. The lowest BCUT2D eigenvalue weighted by Crippen LogP contribution is -2.06. The van der Waals surface area contributed by atoms with Crippen molar-refractivity contribution >= 4 is 0 Å². The summed E-state index contributed by atoms with van der Waals surface area (Å²) in [5, 5.41) is 9.90. The molecule has 0 amide bonds. The van der Waals surface area contributed by atoms with Gasteiger partial charge in [0.1, 0.15) is 0 Å². The van der Waals surface area contributed by atoms with Crippen LogP contribution in [0, 0.1) is 11.8 Å². The molecule has 0 radical (unpaired) electrons. The van der Waals surface area contributed by atoms with Gasteiger partial charge in [-0.2, -0.15) is 0 Å². The van der Waals surface area contributed by atoms with Crippen LogP contribution in [0.3, 0.4) is 0 Å². The maximum Gasteiger partial charge on any atom is 0.0540 e. The van der Waals surface area contributed by atoms with E-state index in [-0.39, 0.29) is 6.10 Å². The van der Waals surface area contributed by atoms with E-state index in [1.54, 1.807) is 0 Å². The lowest BCUT2D eigenvalue weighted by molar-refractivity contribution is 0.147. The second-order valence-electron chi connectivity index (χ2n) is 7.07. The highest BCUT2D eigenvalue weighted by atomic mass is 16.3. The van der Waals surface area contributed by atoms with Gasteiger partial charge in [0.15, 0.2) is 0 Å². The molecule has 0 saturated heterocycles. The van der Waals surface area contributed by atoms with Crippen LogP contribution in [0.15, 0.2) is 0 Å². The Balaban J connectivity index is 3.19. The molecule has 0 aromatic heterocycles. The fraction of sp³-hybridized carbons (Fsp3) is 1.00. The zero-order valence-electron chi connectivity index (χ0n) is 14.0. The highest BCUT2D eigenvalue weighted by Crippen LogP contribution is 2.15. The van der Waals surface area contributed by atoms with Crippen molar-refractivity contribution in [2.75, 3.05) is 0 Å². The van der Waals surface area contributed by atoms with Gasteiger partial charge in [-0.1, -0.05) is 85.5 Å². The summed E-state index contributed by atoms with van der Waals surface area (Å²) in [4.78, 5) is 0. The summed E-state index contributed by atoms with van der Waals surface area (Å²) >= 11 is 0. The van der Waals surface area contributed by atoms with Gasteiger partial charge in [-0.3, -0.25) is 0 Å². The molecule has 0 spiro atoms. The van der Waals surface area contributed by atoms with Crippen molar-refractivity contribution in [2.45, 2.75) is 104 Å². The molecule has 0 fully saturated rings. The van der Waals surface area contributed by atoms with Crippen molar-refractivity contribution in [3.05, 3.63) is 0 Å². The first kappa shape index (κ1) is 19.0. The van der Waals surface area contributed by atoms with Crippen molar-refractivity contribution in [1.82, 2.24) is 0 Å². The Morgan fingerprint density at radius 1 is 0.526 bits per heavy atom.